The Hall–Kier alpha value is -1.30. The monoisotopic (exact) mass is 287 g/mol. The highest BCUT2D eigenvalue weighted by molar-refractivity contribution is 5.47. The van der Waals surface area contributed by atoms with Crippen LogP contribution in [0.15, 0.2) is 12.1 Å². The fourth-order valence-corrected chi connectivity index (χ4v) is 2.79. The van der Waals surface area contributed by atoms with Crippen LogP contribution in [0.5, 0.6) is 0 Å². The first-order chi connectivity index (χ1) is 9.41. The number of hydrogen-bond donors (Lipinski definition) is 1. The van der Waals surface area contributed by atoms with E-state index in [1.165, 1.54) is 18.9 Å². The summed E-state index contributed by atoms with van der Waals surface area (Å²) < 4.78 is 38.3. The lowest BCUT2D eigenvalue weighted by atomic mass is 10.1. The first kappa shape index (κ1) is 15.1. The van der Waals surface area contributed by atoms with Crippen molar-refractivity contribution in [1.29, 1.82) is 0 Å². The third-order valence-electron chi connectivity index (χ3n) is 3.83. The van der Waals surface area contributed by atoms with Crippen LogP contribution in [-0.2, 0) is 12.7 Å². The van der Waals surface area contributed by atoms with Gasteiger partial charge in [-0.15, -0.1) is 0 Å². The first-order valence-corrected chi connectivity index (χ1v) is 6.90. The van der Waals surface area contributed by atoms with Gasteiger partial charge in [0.25, 0.3) is 0 Å². The number of nitrogens with two attached hydrogens (primary N) is 1. The largest absolute Gasteiger partial charge is 0.433 e. The Bertz CT molecular complexity index is 453. The van der Waals surface area contributed by atoms with Gasteiger partial charge in [0.05, 0.1) is 0 Å². The van der Waals surface area contributed by atoms with Gasteiger partial charge in [-0.1, -0.05) is 18.9 Å². The number of rotatable bonds is 4. The maximum Gasteiger partial charge on any atom is 0.433 e. The first-order valence-electron chi connectivity index (χ1n) is 6.90. The van der Waals surface area contributed by atoms with Crippen molar-refractivity contribution in [2.24, 2.45) is 11.7 Å². The molecule has 6 heteroatoms. The summed E-state index contributed by atoms with van der Waals surface area (Å²) in [5.41, 5.74) is 5.40. The molecule has 1 saturated carbocycles. The van der Waals surface area contributed by atoms with Crippen LogP contribution in [-0.4, -0.2) is 18.6 Å². The van der Waals surface area contributed by atoms with Crippen LogP contribution in [0.3, 0.4) is 0 Å². The molecule has 0 atom stereocenters. The minimum absolute atomic E-state index is 0.190. The summed E-state index contributed by atoms with van der Waals surface area (Å²) >= 11 is 0. The zero-order valence-corrected chi connectivity index (χ0v) is 11.6. The molecule has 0 bridgehead atoms. The van der Waals surface area contributed by atoms with Crippen molar-refractivity contribution in [3.05, 3.63) is 23.4 Å². The van der Waals surface area contributed by atoms with Gasteiger partial charge in [0.2, 0.25) is 0 Å². The SMILES string of the molecule is CN(CC1CCCC1)c1nc(C(F)(F)F)ccc1CN. The second-order valence-corrected chi connectivity index (χ2v) is 5.41. The predicted molar refractivity (Wildman–Crippen MR) is 72.4 cm³/mol. The van der Waals surface area contributed by atoms with E-state index in [1.54, 1.807) is 7.05 Å². The molecule has 112 valence electrons. The summed E-state index contributed by atoms with van der Waals surface area (Å²) in [6, 6.07) is 2.42. The van der Waals surface area contributed by atoms with Crippen molar-refractivity contribution >= 4 is 5.82 Å². The molecule has 0 radical (unpaired) electrons. The van der Waals surface area contributed by atoms with Crippen molar-refractivity contribution in [2.45, 2.75) is 38.4 Å². The molecule has 0 unspecified atom stereocenters. The van der Waals surface area contributed by atoms with E-state index in [-0.39, 0.29) is 6.54 Å². The highest BCUT2D eigenvalue weighted by Gasteiger charge is 2.33. The van der Waals surface area contributed by atoms with E-state index in [1.807, 2.05) is 4.90 Å². The summed E-state index contributed by atoms with van der Waals surface area (Å²) in [6.07, 6.45) is 0.273. The molecule has 0 saturated heterocycles. The Morgan fingerprint density at radius 2 is 1.95 bits per heavy atom. The van der Waals surface area contributed by atoms with Gasteiger partial charge >= 0.3 is 6.18 Å². The van der Waals surface area contributed by atoms with Gasteiger partial charge in [0.15, 0.2) is 0 Å². The normalized spacial score (nSPS) is 16.6. The van der Waals surface area contributed by atoms with Crippen molar-refractivity contribution in [1.82, 2.24) is 4.98 Å². The topological polar surface area (TPSA) is 42.2 Å². The molecule has 0 spiro atoms. The second kappa shape index (κ2) is 5.99. The average molecular weight is 287 g/mol. The van der Waals surface area contributed by atoms with E-state index >= 15 is 0 Å². The summed E-state index contributed by atoms with van der Waals surface area (Å²) in [5, 5.41) is 0. The summed E-state index contributed by atoms with van der Waals surface area (Å²) in [6.45, 7) is 0.927. The van der Waals surface area contributed by atoms with E-state index in [2.05, 4.69) is 4.98 Å². The standard InChI is InChI=1S/C14H20F3N3/c1-20(9-10-4-2-3-5-10)13-11(8-18)6-7-12(19-13)14(15,16)17/h6-7,10H,2-5,8-9,18H2,1H3. The lowest BCUT2D eigenvalue weighted by molar-refractivity contribution is -0.141. The number of pyridine rings is 1. The van der Waals surface area contributed by atoms with Crippen LogP contribution in [0.4, 0.5) is 19.0 Å². The molecule has 2 rings (SSSR count). The Balaban J connectivity index is 2.22. The zero-order valence-electron chi connectivity index (χ0n) is 11.6. The molecule has 0 aromatic carbocycles. The molecular formula is C14H20F3N3. The smallest absolute Gasteiger partial charge is 0.359 e. The van der Waals surface area contributed by atoms with Crippen LogP contribution >= 0.6 is 0 Å². The molecule has 1 aliphatic carbocycles. The quantitative estimate of drug-likeness (QED) is 0.924. The summed E-state index contributed by atoms with van der Waals surface area (Å²) in [4.78, 5) is 5.59. The van der Waals surface area contributed by atoms with E-state index in [4.69, 9.17) is 5.73 Å². The number of nitrogens with zero attached hydrogens (tertiary/aromatic N) is 2. The van der Waals surface area contributed by atoms with Gasteiger partial charge in [0.1, 0.15) is 11.5 Å². The Morgan fingerprint density at radius 3 is 2.50 bits per heavy atom. The molecule has 1 aliphatic rings. The van der Waals surface area contributed by atoms with Crippen LogP contribution in [0.1, 0.15) is 36.9 Å². The lowest BCUT2D eigenvalue weighted by Crippen LogP contribution is -2.27. The molecule has 3 nitrogen and oxygen atoms in total. The van der Waals surface area contributed by atoms with Gasteiger partial charge in [-0.05, 0) is 24.8 Å². The number of anilines is 1. The van der Waals surface area contributed by atoms with Crippen LogP contribution in [0.2, 0.25) is 0 Å². The molecular weight excluding hydrogens is 267 g/mol. The molecule has 1 aromatic heterocycles. The highest BCUT2D eigenvalue weighted by atomic mass is 19.4. The minimum atomic E-state index is -4.42. The van der Waals surface area contributed by atoms with Gasteiger partial charge in [-0.2, -0.15) is 13.2 Å². The highest BCUT2D eigenvalue weighted by Crippen LogP contribution is 2.31. The summed E-state index contributed by atoms with van der Waals surface area (Å²) in [5.74, 6) is 0.899. The minimum Gasteiger partial charge on any atom is -0.359 e. The number of alkyl halides is 3. The zero-order chi connectivity index (χ0) is 14.8. The number of aromatic nitrogens is 1. The molecule has 1 fully saturated rings. The van der Waals surface area contributed by atoms with Gasteiger partial charge < -0.3 is 10.6 Å². The predicted octanol–water partition coefficient (Wildman–Crippen LogP) is 3.19. The second-order valence-electron chi connectivity index (χ2n) is 5.41. The van der Waals surface area contributed by atoms with Crippen molar-refractivity contribution < 1.29 is 13.2 Å². The van der Waals surface area contributed by atoms with Crippen LogP contribution < -0.4 is 10.6 Å². The average Bonchev–Trinajstić information content (AvgIpc) is 2.89. The van der Waals surface area contributed by atoms with Crippen molar-refractivity contribution in [3.63, 3.8) is 0 Å². The van der Waals surface area contributed by atoms with Gasteiger partial charge in [-0.3, -0.25) is 0 Å². The van der Waals surface area contributed by atoms with Crippen LogP contribution in [0, 0.1) is 5.92 Å². The maximum absolute atomic E-state index is 12.8. The fraction of sp³-hybridized carbons (Fsp3) is 0.643. The molecule has 1 heterocycles. The summed E-state index contributed by atoms with van der Waals surface area (Å²) in [7, 11) is 1.79. The van der Waals surface area contributed by atoms with E-state index in [0.29, 0.717) is 17.3 Å². The van der Waals surface area contributed by atoms with Crippen LogP contribution in [0.25, 0.3) is 0 Å². The fourth-order valence-electron chi connectivity index (χ4n) is 2.79. The Labute approximate surface area is 117 Å². The van der Waals surface area contributed by atoms with Gasteiger partial charge in [0, 0.05) is 25.7 Å². The maximum atomic E-state index is 12.8. The third kappa shape index (κ3) is 3.42. The third-order valence-corrected chi connectivity index (χ3v) is 3.83. The van der Waals surface area contributed by atoms with E-state index < -0.39 is 11.9 Å². The molecule has 20 heavy (non-hydrogen) atoms. The Morgan fingerprint density at radius 1 is 1.30 bits per heavy atom. The van der Waals surface area contributed by atoms with E-state index in [9.17, 15) is 13.2 Å². The molecule has 1 aromatic rings. The molecule has 0 amide bonds. The van der Waals surface area contributed by atoms with E-state index in [0.717, 1.165) is 25.5 Å². The molecule has 0 aliphatic heterocycles. The number of hydrogen-bond acceptors (Lipinski definition) is 3. The Kier molecular flexibility index (Phi) is 4.52. The lowest BCUT2D eigenvalue weighted by Gasteiger charge is -2.25. The van der Waals surface area contributed by atoms with Gasteiger partial charge in [-0.25, -0.2) is 4.98 Å². The van der Waals surface area contributed by atoms with Crippen molar-refractivity contribution in [2.75, 3.05) is 18.5 Å². The van der Waals surface area contributed by atoms with Crippen molar-refractivity contribution in [3.8, 4) is 0 Å². The number of halogens is 3. The molecule has 2 N–H and O–H groups in total.